The van der Waals surface area contributed by atoms with Crippen molar-refractivity contribution >= 4 is 28.8 Å². The van der Waals surface area contributed by atoms with Crippen LogP contribution in [0.3, 0.4) is 0 Å². The van der Waals surface area contributed by atoms with Gasteiger partial charge in [0.2, 0.25) is 0 Å². The highest BCUT2D eigenvalue weighted by Gasteiger charge is 2.18. The lowest BCUT2D eigenvalue weighted by Gasteiger charge is -2.12. The van der Waals surface area contributed by atoms with Crippen molar-refractivity contribution in [3.8, 4) is 0 Å². The van der Waals surface area contributed by atoms with Gasteiger partial charge in [0.15, 0.2) is 0 Å². The monoisotopic (exact) mass is 244 g/mol. The Bertz CT molecular complexity index is 399. The molecule has 0 aliphatic rings. The van der Waals surface area contributed by atoms with Crippen molar-refractivity contribution in [2.45, 2.75) is 25.5 Å². The third kappa shape index (κ3) is 4.10. The van der Waals surface area contributed by atoms with E-state index >= 15 is 0 Å². The first-order valence-corrected chi connectivity index (χ1v) is 5.97. The minimum atomic E-state index is -1.26. The van der Waals surface area contributed by atoms with Crippen molar-refractivity contribution in [3.63, 3.8) is 0 Å². The van der Waals surface area contributed by atoms with E-state index in [4.69, 9.17) is 11.6 Å². The number of pyridine rings is 1. The first-order valence-electron chi connectivity index (χ1n) is 4.48. The van der Waals surface area contributed by atoms with Gasteiger partial charge >= 0.3 is 0 Å². The summed E-state index contributed by atoms with van der Waals surface area (Å²) < 4.78 is 15.2. The van der Waals surface area contributed by atoms with Crippen LogP contribution in [0.15, 0.2) is 22.6 Å². The van der Waals surface area contributed by atoms with E-state index < -0.39 is 11.0 Å². The molecular formula is C10H13ClN2OS. The van der Waals surface area contributed by atoms with Gasteiger partial charge in [0.25, 0.3) is 0 Å². The second kappa shape index (κ2) is 4.86. The largest absolute Gasteiger partial charge is 0.235 e. The Labute approximate surface area is 97.2 Å². The minimum Gasteiger partial charge on any atom is -0.235 e. The van der Waals surface area contributed by atoms with Crippen LogP contribution in [0.4, 0.5) is 0 Å². The highest BCUT2D eigenvalue weighted by atomic mass is 35.5. The number of hydrogen-bond donors (Lipinski definition) is 0. The molecule has 0 aliphatic carbocycles. The van der Waals surface area contributed by atoms with Crippen molar-refractivity contribution in [3.05, 3.63) is 29.0 Å². The SMILES string of the molecule is CC(C)(C)[S@@](=O)N=Cc1cccc(Cl)n1. The highest BCUT2D eigenvalue weighted by molar-refractivity contribution is 7.85. The van der Waals surface area contributed by atoms with E-state index in [1.54, 1.807) is 18.2 Å². The third-order valence-corrected chi connectivity index (χ3v) is 3.10. The Morgan fingerprint density at radius 3 is 2.67 bits per heavy atom. The lowest BCUT2D eigenvalue weighted by molar-refractivity contribution is 0.651. The summed E-state index contributed by atoms with van der Waals surface area (Å²) in [5, 5.41) is 0.403. The molecule has 0 aliphatic heterocycles. The van der Waals surface area contributed by atoms with E-state index in [0.29, 0.717) is 10.8 Å². The van der Waals surface area contributed by atoms with Gasteiger partial charge in [-0.3, -0.25) is 0 Å². The van der Waals surface area contributed by atoms with Crippen LogP contribution in [0, 0.1) is 0 Å². The fourth-order valence-electron chi connectivity index (χ4n) is 0.756. The van der Waals surface area contributed by atoms with Crippen LogP contribution in [0.25, 0.3) is 0 Å². The molecule has 0 saturated heterocycles. The predicted octanol–water partition coefficient (Wildman–Crippen LogP) is 2.62. The molecule has 0 amide bonds. The normalized spacial score (nSPS) is 14.4. The summed E-state index contributed by atoms with van der Waals surface area (Å²) in [5.74, 6) is 0. The van der Waals surface area contributed by atoms with Gasteiger partial charge in [0.1, 0.15) is 16.1 Å². The van der Waals surface area contributed by atoms with E-state index in [-0.39, 0.29) is 4.75 Å². The molecule has 0 saturated carbocycles. The first-order chi connectivity index (χ1) is 6.89. The zero-order valence-corrected chi connectivity index (χ0v) is 10.5. The third-order valence-electron chi connectivity index (χ3n) is 1.54. The van der Waals surface area contributed by atoms with Crippen molar-refractivity contribution in [2.24, 2.45) is 4.40 Å². The Morgan fingerprint density at radius 2 is 2.13 bits per heavy atom. The summed E-state index contributed by atoms with van der Waals surface area (Å²) >= 11 is 5.70. The van der Waals surface area contributed by atoms with Gasteiger partial charge in [-0.2, -0.15) is 4.40 Å². The first kappa shape index (κ1) is 12.3. The Hall–Kier alpha value is -0.740. The topological polar surface area (TPSA) is 42.3 Å². The van der Waals surface area contributed by atoms with Crippen molar-refractivity contribution in [2.75, 3.05) is 0 Å². The average molecular weight is 245 g/mol. The van der Waals surface area contributed by atoms with E-state index in [2.05, 4.69) is 9.38 Å². The van der Waals surface area contributed by atoms with Crippen LogP contribution >= 0.6 is 11.6 Å². The lowest BCUT2D eigenvalue weighted by atomic mass is 10.3. The van der Waals surface area contributed by atoms with Gasteiger partial charge < -0.3 is 0 Å². The smallest absolute Gasteiger partial charge is 0.144 e. The molecule has 0 fully saturated rings. The molecule has 1 aromatic rings. The Balaban J connectivity index is 2.79. The van der Waals surface area contributed by atoms with Gasteiger partial charge in [-0.15, -0.1) is 0 Å². The van der Waals surface area contributed by atoms with Gasteiger partial charge in [-0.05, 0) is 32.9 Å². The molecule has 1 atom stereocenters. The van der Waals surface area contributed by atoms with Crippen LogP contribution in [-0.4, -0.2) is 20.2 Å². The molecule has 3 nitrogen and oxygen atoms in total. The molecule has 0 radical (unpaired) electrons. The van der Waals surface area contributed by atoms with Gasteiger partial charge in [0, 0.05) is 0 Å². The van der Waals surface area contributed by atoms with Crippen molar-refractivity contribution in [1.82, 2.24) is 4.98 Å². The summed E-state index contributed by atoms with van der Waals surface area (Å²) in [7, 11) is -1.26. The fraction of sp³-hybridized carbons (Fsp3) is 0.400. The molecule has 1 aromatic heterocycles. The van der Waals surface area contributed by atoms with Crippen LogP contribution in [0.1, 0.15) is 26.5 Å². The zero-order valence-electron chi connectivity index (χ0n) is 8.90. The molecule has 0 spiro atoms. The van der Waals surface area contributed by atoms with Crippen molar-refractivity contribution < 1.29 is 4.21 Å². The number of aromatic nitrogens is 1. The molecule has 15 heavy (non-hydrogen) atoms. The molecule has 0 bridgehead atoms. The summed E-state index contributed by atoms with van der Waals surface area (Å²) in [6, 6.07) is 5.21. The van der Waals surface area contributed by atoms with E-state index in [1.165, 1.54) is 6.21 Å². The zero-order chi connectivity index (χ0) is 11.5. The Morgan fingerprint density at radius 1 is 1.47 bits per heavy atom. The fourth-order valence-corrected chi connectivity index (χ4v) is 1.45. The molecule has 82 valence electrons. The number of halogens is 1. The highest BCUT2D eigenvalue weighted by Crippen LogP contribution is 2.12. The van der Waals surface area contributed by atoms with E-state index in [0.717, 1.165) is 0 Å². The maximum atomic E-state index is 11.6. The summed E-state index contributed by atoms with van der Waals surface area (Å²) in [4.78, 5) is 4.01. The summed E-state index contributed by atoms with van der Waals surface area (Å²) in [6.07, 6.45) is 1.48. The quantitative estimate of drug-likeness (QED) is 0.593. The van der Waals surface area contributed by atoms with Gasteiger partial charge in [-0.1, -0.05) is 17.7 Å². The molecule has 1 heterocycles. The second-order valence-electron chi connectivity index (χ2n) is 3.98. The van der Waals surface area contributed by atoms with Gasteiger partial charge in [-0.25, -0.2) is 9.19 Å². The maximum absolute atomic E-state index is 11.6. The van der Waals surface area contributed by atoms with Crippen molar-refractivity contribution in [1.29, 1.82) is 0 Å². The molecule has 1 rings (SSSR count). The van der Waals surface area contributed by atoms with Crippen LogP contribution in [0.5, 0.6) is 0 Å². The number of hydrogen-bond acceptors (Lipinski definition) is 2. The number of nitrogens with zero attached hydrogens (tertiary/aromatic N) is 2. The number of rotatable bonds is 2. The van der Waals surface area contributed by atoms with Gasteiger partial charge in [0.05, 0.1) is 16.7 Å². The standard InChI is InChI=1S/C10H13ClN2OS/c1-10(2,3)15(14)12-7-8-5-4-6-9(11)13-8/h4-7H,1-3H3/t15-/m1/s1. The molecule has 0 N–H and O–H groups in total. The summed E-state index contributed by atoms with van der Waals surface area (Å²) in [6.45, 7) is 5.60. The predicted molar refractivity (Wildman–Crippen MR) is 64.7 cm³/mol. The second-order valence-corrected chi connectivity index (χ2v) is 6.30. The molecule has 0 aromatic carbocycles. The minimum absolute atomic E-state index is 0.352. The van der Waals surface area contributed by atoms with Crippen LogP contribution < -0.4 is 0 Å². The van der Waals surface area contributed by atoms with Crippen LogP contribution in [-0.2, 0) is 11.0 Å². The maximum Gasteiger partial charge on any atom is 0.144 e. The van der Waals surface area contributed by atoms with E-state index in [1.807, 2.05) is 20.8 Å². The molecule has 5 heteroatoms. The average Bonchev–Trinajstić information content (AvgIpc) is 2.12. The van der Waals surface area contributed by atoms with Crippen LogP contribution in [0.2, 0.25) is 5.15 Å². The van der Waals surface area contributed by atoms with E-state index in [9.17, 15) is 4.21 Å². The summed E-state index contributed by atoms with van der Waals surface area (Å²) in [5.41, 5.74) is 0.611. The molecular weight excluding hydrogens is 232 g/mol. The molecule has 0 unspecified atom stereocenters. The lowest BCUT2D eigenvalue weighted by Crippen LogP contribution is -2.19. The Kier molecular flexibility index (Phi) is 3.99.